The van der Waals surface area contributed by atoms with Crippen LogP contribution >= 0.6 is 0 Å². The Morgan fingerprint density at radius 3 is 2.58 bits per heavy atom. The molecule has 0 aromatic heterocycles. The number of hydrogen-bond acceptors (Lipinski definition) is 3. The Kier molecular flexibility index (Phi) is 2.31. The minimum atomic E-state index is 0.121. The van der Waals surface area contributed by atoms with Gasteiger partial charge in [-0.15, -0.1) is 0 Å². The third kappa shape index (κ3) is 1.55. The highest BCUT2D eigenvalue weighted by molar-refractivity contribution is 5.97. The van der Waals surface area contributed by atoms with Crippen molar-refractivity contribution in [2.75, 3.05) is 13.6 Å². The molecule has 0 saturated heterocycles. The molecule has 3 heteroatoms. The molecule has 66 valence electrons. The van der Waals surface area contributed by atoms with Crippen LogP contribution in [0.5, 0.6) is 0 Å². The summed E-state index contributed by atoms with van der Waals surface area (Å²) in [7, 11) is 1.94. The zero-order chi connectivity index (χ0) is 9.30. The molecule has 3 nitrogen and oxygen atoms in total. The predicted molar refractivity (Wildman–Crippen MR) is 49.1 cm³/mol. The molecule has 0 bridgehead atoms. The number of allylic oxidation sites excluding steroid dienone is 1. The fraction of sp³-hybridized carbons (Fsp3) is 0.556. The summed E-state index contributed by atoms with van der Waals surface area (Å²) in [5, 5.41) is 0. The van der Waals surface area contributed by atoms with E-state index < -0.39 is 0 Å². The summed E-state index contributed by atoms with van der Waals surface area (Å²) < 4.78 is 0. The number of rotatable bonds is 1. The molecular formula is C9H14N2O. The summed E-state index contributed by atoms with van der Waals surface area (Å²) in [5.74, 6) is 1.09. The average molecular weight is 166 g/mol. The fourth-order valence-electron chi connectivity index (χ4n) is 1.23. The molecule has 0 N–H and O–H groups in total. The Morgan fingerprint density at radius 1 is 1.50 bits per heavy atom. The number of aliphatic imine (C=N–C) groups is 1. The zero-order valence-corrected chi connectivity index (χ0v) is 8.01. The summed E-state index contributed by atoms with van der Waals surface area (Å²) in [6, 6.07) is 0. The molecule has 1 heterocycles. The van der Waals surface area contributed by atoms with Gasteiger partial charge in [0.1, 0.15) is 5.84 Å². The molecule has 0 radical (unpaired) electrons. The van der Waals surface area contributed by atoms with Crippen LogP contribution in [0.15, 0.2) is 16.3 Å². The van der Waals surface area contributed by atoms with Gasteiger partial charge in [-0.2, -0.15) is 0 Å². The molecule has 0 fully saturated rings. The first kappa shape index (κ1) is 8.97. The molecule has 0 spiro atoms. The molecule has 1 aliphatic rings. The Morgan fingerprint density at radius 2 is 2.08 bits per heavy atom. The zero-order valence-electron chi connectivity index (χ0n) is 8.01. The first-order valence-electron chi connectivity index (χ1n) is 3.99. The molecule has 0 atom stereocenters. The maximum atomic E-state index is 11.1. The second-order valence-electron chi connectivity index (χ2n) is 3.14. The predicted octanol–water partition coefficient (Wildman–Crippen LogP) is 1.21. The first-order chi connectivity index (χ1) is 5.52. The van der Waals surface area contributed by atoms with Crippen LogP contribution in [-0.4, -0.2) is 30.1 Å². The van der Waals surface area contributed by atoms with Gasteiger partial charge in [-0.25, -0.2) is 4.99 Å². The van der Waals surface area contributed by atoms with Gasteiger partial charge in [0.15, 0.2) is 5.78 Å². The van der Waals surface area contributed by atoms with Gasteiger partial charge in [-0.1, -0.05) is 0 Å². The van der Waals surface area contributed by atoms with E-state index >= 15 is 0 Å². The standard InChI is InChI=1S/C9H14N2O/c1-6-9(7(2)12)5-11(4)8(3)10-6/h5H2,1-4H3. The van der Waals surface area contributed by atoms with Crippen molar-refractivity contribution in [3.63, 3.8) is 0 Å². The number of Topliss-reactive ketones (excluding diaryl/α,β-unsaturated/α-hetero) is 1. The van der Waals surface area contributed by atoms with Crippen molar-refractivity contribution in [3.8, 4) is 0 Å². The molecule has 0 amide bonds. The van der Waals surface area contributed by atoms with E-state index in [0.29, 0.717) is 6.54 Å². The third-order valence-corrected chi connectivity index (χ3v) is 2.14. The SMILES string of the molecule is CC(=O)C1=C(C)N=C(C)N(C)C1. The van der Waals surface area contributed by atoms with Crippen molar-refractivity contribution < 1.29 is 4.79 Å². The fourth-order valence-corrected chi connectivity index (χ4v) is 1.23. The van der Waals surface area contributed by atoms with Gasteiger partial charge in [0.2, 0.25) is 0 Å². The minimum Gasteiger partial charge on any atom is -0.359 e. The number of hydrogen-bond donors (Lipinski definition) is 0. The van der Waals surface area contributed by atoms with Gasteiger partial charge in [0.25, 0.3) is 0 Å². The third-order valence-electron chi connectivity index (χ3n) is 2.14. The highest BCUT2D eigenvalue weighted by Crippen LogP contribution is 2.14. The Balaban J connectivity index is 3.01. The molecule has 1 rings (SSSR count). The number of likely N-dealkylation sites (N-methyl/N-ethyl adjacent to an activating group) is 1. The van der Waals surface area contributed by atoms with Crippen LogP contribution in [0, 0.1) is 0 Å². The van der Waals surface area contributed by atoms with Crippen molar-refractivity contribution in [2.45, 2.75) is 20.8 Å². The van der Waals surface area contributed by atoms with Crippen molar-refractivity contribution >= 4 is 11.6 Å². The van der Waals surface area contributed by atoms with Crippen LogP contribution in [0.4, 0.5) is 0 Å². The molecule has 0 aromatic carbocycles. The summed E-state index contributed by atoms with van der Waals surface area (Å²) in [6.45, 7) is 6.10. The summed E-state index contributed by atoms with van der Waals surface area (Å²) in [4.78, 5) is 17.4. The molecule has 0 unspecified atom stereocenters. The van der Waals surface area contributed by atoms with Gasteiger partial charge in [0.05, 0.1) is 0 Å². The Hall–Kier alpha value is -1.12. The van der Waals surface area contributed by atoms with Crippen molar-refractivity contribution in [3.05, 3.63) is 11.3 Å². The normalized spacial score (nSPS) is 18.0. The number of carbonyl (C=O) groups is 1. The first-order valence-corrected chi connectivity index (χ1v) is 3.99. The van der Waals surface area contributed by atoms with Gasteiger partial charge in [-0.05, 0) is 20.8 Å². The maximum absolute atomic E-state index is 11.1. The van der Waals surface area contributed by atoms with E-state index in [2.05, 4.69) is 4.99 Å². The van der Waals surface area contributed by atoms with Gasteiger partial charge < -0.3 is 4.90 Å². The molecule has 12 heavy (non-hydrogen) atoms. The number of ketones is 1. The van der Waals surface area contributed by atoms with Crippen LogP contribution in [0.2, 0.25) is 0 Å². The molecule has 0 aromatic rings. The second-order valence-corrected chi connectivity index (χ2v) is 3.14. The van der Waals surface area contributed by atoms with Crippen LogP contribution in [0.3, 0.4) is 0 Å². The monoisotopic (exact) mass is 166 g/mol. The minimum absolute atomic E-state index is 0.121. The average Bonchev–Trinajstić information content (AvgIpc) is 1.96. The summed E-state index contributed by atoms with van der Waals surface area (Å²) in [6.07, 6.45) is 0. The van der Waals surface area contributed by atoms with Crippen LogP contribution in [0.25, 0.3) is 0 Å². The smallest absolute Gasteiger partial charge is 0.159 e. The number of carbonyl (C=O) groups excluding carboxylic acids is 1. The van der Waals surface area contributed by atoms with E-state index in [1.54, 1.807) is 6.92 Å². The lowest BCUT2D eigenvalue weighted by Crippen LogP contribution is -2.31. The molecule has 0 aliphatic carbocycles. The molecule has 0 saturated carbocycles. The highest BCUT2D eigenvalue weighted by atomic mass is 16.1. The van der Waals surface area contributed by atoms with Gasteiger partial charge in [-0.3, -0.25) is 4.79 Å². The second kappa shape index (κ2) is 3.09. The van der Waals surface area contributed by atoms with Crippen LogP contribution in [0.1, 0.15) is 20.8 Å². The van der Waals surface area contributed by atoms with Crippen molar-refractivity contribution in [1.82, 2.24) is 4.90 Å². The summed E-state index contributed by atoms with van der Waals surface area (Å²) in [5.41, 5.74) is 1.68. The molecule has 1 aliphatic heterocycles. The van der Waals surface area contributed by atoms with Gasteiger partial charge >= 0.3 is 0 Å². The Labute approximate surface area is 72.8 Å². The summed E-state index contributed by atoms with van der Waals surface area (Å²) >= 11 is 0. The van der Waals surface area contributed by atoms with Crippen LogP contribution < -0.4 is 0 Å². The van der Waals surface area contributed by atoms with E-state index in [-0.39, 0.29) is 5.78 Å². The lowest BCUT2D eigenvalue weighted by Gasteiger charge is -2.24. The lowest BCUT2D eigenvalue weighted by molar-refractivity contribution is -0.113. The number of nitrogens with zero attached hydrogens (tertiary/aromatic N) is 2. The van der Waals surface area contributed by atoms with Gasteiger partial charge in [0, 0.05) is 24.9 Å². The van der Waals surface area contributed by atoms with E-state index in [1.165, 1.54) is 0 Å². The van der Waals surface area contributed by atoms with Crippen molar-refractivity contribution in [2.24, 2.45) is 4.99 Å². The Bertz CT molecular complexity index is 276. The van der Waals surface area contributed by atoms with E-state index in [1.807, 2.05) is 25.8 Å². The highest BCUT2D eigenvalue weighted by Gasteiger charge is 2.16. The molecular weight excluding hydrogens is 152 g/mol. The lowest BCUT2D eigenvalue weighted by atomic mass is 10.1. The number of amidine groups is 1. The topological polar surface area (TPSA) is 32.7 Å². The quantitative estimate of drug-likeness (QED) is 0.586. The van der Waals surface area contributed by atoms with Crippen molar-refractivity contribution in [1.29, 1.82) is 0 Å². The van der Waals surface area contributed by atoms with E-state index in [4.69, 9.17) is 0 Å². The van der Waals surface area contributed by atoms with E-state index in [9.17, 15) is 4.79 Å². The largest absolute Gasteiger partial charge is 0.359 e. The maximum Gasteiger partial charge on any atom is 0.159 e. The van der Waals surface area contributed by atoms with Crippen LogP contribution in [-0.2, 0) is 4.79 Å². The van der Waals surface area contributed by atoms with E-state index in [0.717, 1.165) is 17.1 Å².